The number of nitrogens with zero attached hydrogens (tertiary/aromatic N) is 1. The van der Waals surface area contributed by atoms with Gasteiger partial charge in [-0.2, -0.15) is 0 Å². The highest BCUT2D eigenvalue weighted by molar-refractivity contribution is 6.74. The molecule has 0 heterocycles. The highest BCUT2D eigenvalue weighted by Gasteiger charge is 2.28. The van der Waals surface area contributed by atoms with Gasteiger partial charge in [-0.15, -0.1) is 0 Å². The molecule has 0 unspecified atom stereocenters. The summed E-state index contributed by atoms with van der Waals surface area (Å²) >= 11 is 0. The molecule has 0 aromatic carbocycles. The van der Waals surface area contributed by atoms with Crippen molar-refractivity contribution in [3.8, 4) is 0 Å². The van der Waals surface area contributed by atoms with Crippen LogP contribution >= 0.6 is 0 Å². The zero-order valence-electron chi connectivity index (χ0n) is 17.6. The predicted octanol–water partition coefficient (Wildman–Crippen LogP) is 4.91. The summed E-state index contributed by atoms with van der Waals surface area (Å²) in [6.07, 6.45) is 3.42. The predicted molar refractivity (Wildman–Crippen MR) is 112 cm³/mol. The Morgan fingerprint density at radius 1 is 0.958 bits per heavy atom. The molecule has 0 aromatic rings. The van der Waals surface area contributed by atoms with Crippen molar-refractivity contribution in [2.45, 2.75) is 84.6 Å². The Bertz CT molecular complexity index is 376. The van der Waals surface area contributed by atoms with E-state index in [1.807, 2.05) is 0 Å². The zero-order valence-corrected chi connectivity index (χ0v) is 20.6. The molecule has 0 aliphatic carbocycles. The second-order valence-corrected chi connectivity index (χ2v) is 23.0. The molecule has 0 bridgehead atoms. The molecule has 7 heteroatoms. The first-order valence-corrected chi connectivity index (χ1v) is 19.3. The fourth-order valence-electron chi connectivity index (χ4n) is 2.49. The van der Waals surface area contributed by atoms with Gasteiger partial charge in [0.2, 0.25) is 8.32 Å². The Morgan fingerprint density at radius 2 is 1.54 bits per heavy atom. The first kappa shape index (κ1) is 24.0. The first-order valence-electron chi connectivity index (χ1n) is 9.38. The Balaban J connectivity index is 4.39. The van der Waals surface area contributed by atoms with Gasteiger partial charge in [-0.3, -0.25) is 4.79 Å². The molecular weight excluding hydrogens is 350 g/mol. The van der Waals surface area contributed by atoms with E-state index in [9.17, 15) is 4.79 Å². The van der Waals surface area contributed by atoms with Crippen molar-refractivity contribution in [2.24, 2.45) is 0 Å². The van der Waals surface area contributed by atoms with Crippen LogP contribution in [0.5, 0.6) is 0 Å². The summed E-state index contributed by atoms with van der Waals surface area (Å²) in [4.78, 5) is 12.2. The van der Waals surface area contributed by atoms with Crippen molar-refractivity contribution < 1.29 is 13.6 Å². The van der Waals surface area contributed by atoms with Crippen LogP contribution in [-0.4, -0.2) is 55.1 Å². The average Bonchev–Trinajstić information content (AvgIpc) is 2.36. The van der Waals surface area contributed by atoms with E-state index in [4.69, 9.17) is 8.85 Å². The highest BCUT2D eigenvalue weighted by atomic mass is 28.4. The normalized spacial score (nSPS) is 13.4. The Hall–Kier alpha value is 0.0406. The molecule has 0 saturated carbocycles. The maximum atomic E-state index is 12.2. The molecule has 0 radical (unpaired) electrons. The number of carbonyl (C=O) groups is 1. The molecular formula is C17H41NO3Si3. The summed E-state index contributed by atoms with van der Waals surface area (Å²) in [7, 11) is -4.81. The number of unbranched alkanes of at least 4 members (excludes halogenated alkanes) is 1. The van der Waals surface area contributed by atoms with Crippen LogP contribution in [0.25, 0.3) is 0 Å². The van der Waals surface area contributed by atoms with Crippen molar-refractivity contribution in [3.05, 3.63) is 0 Å². The van der Waals surface area contributed by atoms with E-state index < -0.39 is 24.9 Å². The molecule has 144 valence electrons. The van der Waals surface area contributed by atoms with E-state index in [-0.39, 0.29) is 5.97 Å². The summed E-state index contributed by atoms with van der Waals surface area (Å²) in [5.74, 6) is -0.0439. The van der Waals surface area contributed by atoms with Crippen molar-refractivity contribution in [2.75, 3.05) is 19.7 Å². The molecule has 0 saturated heterocycles. The van der Waals surface area contributed by atoms with Gasteiger partial charge in [-0.05, 0) is 58.2 Å². The van der Waals surface area contributed by atoms with E-state index in [1.54, 1.807) is 0 Å². The Kier molecular flexibility index (Phi) is 10.3. The van der Waals surface area contributed by atoms with Crippen LogP contribution < -0.4 is 0 Å². The summed E-state index contributed by atoms with van der Waals surface area (Å²) < 4.78 is 14.1. The maximum Gasteiger partial charge on any atom is 0.306 e. The molecule has 0 fully saturated rings. The topological polar surface area (TPSA) is 38.8 Å². The zero-order chi connectivity index (χ0) is 19.0. The van der Waals surface area contributed by atoms with Gasteiger partial charge in [0.1, 0.15) is 8.24 Å². The minimum Gasteiger partial charge on any atom is -0.519 e. The molecule has 4 nitrogen and oxygen atoms in total. The van der Waals surface area contributed by atoms with Gasteiger partial charge < -0.3 is 13.4 Å². The van der Waals surface area contributed by atoms with Crippen LogP contribution in [0.4, 0.5) is 0 Å². The van der Waals surface area contributed by atoms with Gasteiger partial charge in [0.15, 0.2) is 8.32 Å². The fraction of sp³-hybridized carbons (Fsp3) is 0.941. The lowest BCUT2D eigenvalue weighted by molar-refractivity contribution is -0.135. The number of hydrogen-bond donors (Lipinski definition) is 0. The van der Waals surface area contributed by atoms with E-state index in [1.165, 1.54) is 12.5 Å². The van der Waals surface area contributed by atoms with Gasteiger partial charge in [-0.25, -0.2) is 0 Å². The lowest BCUT2D eigenvalue weighted by Gasteiger charge is -2.34. The van der Waals surface area contributed by atoms with Gasteiger partial charge in [0.05, 0.1) is 6.54 Å². The van der Waals surface area contributed by atoms with Crippen LogP contribution in [-0.2, 0) is 13.6 Å². The second-order valence-electron chi connectivity index (χ2n) is 9.24. The third-order valence-electron chi connectivity index (χ3n) is 3.84. The van der Waals surface area contributed by atoms with Crippen molar-refractivity contribution >= 4 is 30.8 Å². The average molecular weight is 392 g/mol. The first-order chi connectivity index (χ1) is 10.8. The second kappa shape index (κ2) is 10.3. The number of rotatable bonds is 12. The Morgan fingerprint density at radius 3 is 2.00 bits per heavy atom. The van der Waals surface area contributed by atoms with Crippen LogP contribution in [0.2, 0.25) is 58.4 Å². The molecule has 0 spiro atoms. The van der Waals surface area contributed by atoms with Crippen LogP contribution in [0.3, 0.4) is 0 Å². The number of carbonyl (C=O) groups excluding carboxylic acids is 1. The molecule has 0 atom stereocenters. The van der Waals surface area contributed by atoms with E-state index >= 15 is 0 Å². The van der Waals surface area contributed by atoms with Crippen molar-refractivity contribution in [1.82, 2.24) is 4.57 Å². The standard InChI is InChI=1S/C17H41NO3Si3/c1-10-14-20-24(8,9)15-12-11-13-18(22(2,3)4)16-17(19)21-23(5,6)7/h10-16H2,1-9H3. The summed E-state index contributed by atoms with van der Waals surface area (Å²) in [6, 6.07) is 1.20. The highest BCUT2D eigenvalue weighted by Crippen LogP contribution is 2.18. The van der Waals surface area contributed by atoms with E-state index in [0.717, 1.165) is 26.0 Å². The van der Waals surface area contributed by atoms with Gasteiger partial charge in [0.25, 0.3) is 0 Å². The minimum atomic E-state index is -1.79. The summed E-state index contributed by atoms with van der Waals surface area (Å²) in [5.41, 5.74) is 0. The van der Waals surface area contributed by atoms with Crippen LogP contribution in [0.15, 0.2) is 0 Å². The molecule has 0 N–H and O–H groups in total. The molecule has 0 rings (SSSR count). The molecule has 0 aliphatic heterocycles. The number of hydrogen-bond acceptors (Lipinski definition) is 4. The molecule has 0 aromatic heterocycles. The summed E-state index contributed by atoms with van der Waals surface area (Å²) in [5, 5.41) is 0. The third-order valence-corrected chi connectivity index (χ3v) is 9.50. The van der Waals surface area contributed by atoms with Crippen molar-refractivity contribution in [1.29, 1.82) is 0 Å². The van der Waals surface area contributed by atoms with Gasteiger partial charge >= 0.3 is 5.97 Å². The largest absolute Gasteiger partial charge is 0.519 e. The van der Waals surface area contributed by atoms with E-state index in [2.05, 4.69) is 63.9 Å². The van der Waals surface area contributed by atoms with Crippen LogP contribution in [0, 0.1) is 0 Å². The van der Waals surface area contributed by atoms with Crippen molar-refractivity contribution in [3.63, 3.8) is 0 Å². The van der Waals surface area contributed by atoms with Gasteiger partial charge in [-0.1, -0.05) is 33.0 Å². The van der Waals surface area contributed by atoms with Gasteiger partial charge in [0, 0.05) is 6.61 Å². The lowest BCUT2D eigenvalue weighted by Crippen LogP contribution is -2.50. The fourth-order valence-corrected chi connectivity index (χ4v) is 6.67. The smallest absolute Gasteiger partial charge is 0.306 e. The maximum absolute atomic E-state index is 12.2. The monoisotopic (exact) mass is 391 g/mol. The SMILES string of the molecule is CCCO[Si](C)(C)CCCCN(CC(=O)O[Si](C)(C)C)[Si](C)(C)C. The Labute approximate surface area is 153 Å². The van der Waals surface area contributed by atoms with Crippen LogP contribution in [0.1, 0.15) is 26.2 Å². The quantitative estimate of drug-likeness (QED) is 0.350. The third kappa shape index (κ3) is 12.4. The molecule has 0 aliphatic rings. The van der Waals surface area contributed by atoms with E-state index in [0.29, 0.717) is 6.54 Å². The molecule has 24 heavy (non-hydrogen) atoms. The minimum absolute atomic E-state index is 0.0439. The summed E-state index contributed by atoms with van der Waals surface area (Å²) in [6.45, 7) is 22.2. The lowest BCUT2D eigenvalue weighted by atomic mass is 10.3. The molecule has 0 amide bonds.